The smallest absolute Gasteiger partial charge is 0.321 e. The lowest BCUT2D eigenvalue weighted by atomic mass is 10.2. The summed E-state index contributed by atoms with van der Waals surface area (Å²) in [6, 6.07) is 5.84. The summed E-state index contributed by atoms with van der Waals surface area (Å²) >= 11 is 0. The van der Waals surface area contributed by atoms with Gasteiger partial charge in [0.25, 0.3) is 0 Å². The predicted octanol–water partition coefficient (Wildman–Crippen LogP) is 3.41. The Morgan fingerprint density at radius 3 is 2.79 bits per heavy atom. The van der Waals surface area contributed by atoms with Crippen molar-refractivity contribution in [1.82, 2.24) is 4.90 Å². The summed E-state index contributed by atoms with van der Waals surface area (Å²) in [5, 5.41) is 2.95. The molecule has 0 bridgehead atoms. The molecule has 4 heteroatoms. The normalized spacial score (nSPS) is 14.5. The van der Waals surface area contributed by atoms with E-state index in [0.717, 1.165) is 49.4 Å². The second kappa shape index (κ2) is 6.45. The van der Waals surface area contributed by atoms with Gasteiger partial charge in [0.15, 0.2) is 0 Å². The topological polar surface area (TPSA) is 41.6 Å². The van der Waals surface area contributed by atoms with Gasteiger partial charge in [0.1, 0.15) is 5.75 Å². The summed E-state index contributed by atoms with van der Waals surface area (Å²) in [6.07, 6.45) is 3.15. The van der Waals surface area contributed by atoms with Crippen LogP contribution in [0.2, 0.25) is 0 Å². The number of likely N-dealkylation sites (tertiary alicyclic amines) is 1. The van der Waals surface area contributed by atoms with Gasteiger partial charge in [-0.1, -0.05) is 13.0 Å². The summed E-state index contributed by atoms with van der Waals surface area (Å²) in [5.74, 6) is 0.759. The Balaban J connectivity index is 2.07. The lowest BCUT2D eigenvalue weighted by Gasteiger charge is -2.18. The number of rotatable bonds is 4. The van der Waals surface area contributed by atoms with Crippen LogP contribution in [0.15, 0.2) is 18.2 Å². The molecule has 1 saturated heterocycles. The zero-order chi connectivity index (χ0) is 13.7. The van der Waals surface area contributed by atoms with Crippen molar-refractivity contribution < 1.29 is 9.53 Å². The predicted molar refractivity (Wildman–Crippen MR) is 76.8 cm³/mol. The molecule has 1 N–H and O–H groups in total. The molecule has 1 aliphatic heterocycles. The standard InChI is InChI=1S/C15H22N2O2/c1-3-10-19-14-11-12(2)6-7-13(14)16-15(18)17-8-4-5-9-17/h6-7,11H,3-5,8-10H2,1-2H3,(H,16,18). The molecular formula is C15H22N2O2. The number of urea groups is 1. The van der Waals surface area contributed by atoms with Gasteiger partial charge in [-0.3, -0.25) is 0 Å². The Morgan fingerprint density at radius 2 is 2.11 bits per heavy atom. The third kappa shape index (κ3) is 3.63. The highest BCUT2D eigenvalue weighted by Gasteiger charge is 2.18. The van der Waals surface area contributed by atoms with Crippen LogP contribution >= 0.6 is 0 Å². The summed E-state index contributed by atoms with van der Waals surface area (Å²) in [4.78, 5) is 13.9. The minimum absolute atomic E-state index is 0.0253. The van der Waals surface area contributed by atoms with E-state index in [1.54, 1.807) is 0 Å². The quantitative estimate of drug-likeness (QED) is 0.903. The van der Waals surface area contributed by atoms with E-state index in [0.29, 0.717) is 6.61 Å². The third-order valence-corrected chi connectivity index (χ3v) is 3.23. The van der Waals surface area contributed by atoms with E-state index >= 15 is 0 Å². The SMILES string of the molecule is CCCOc1cc(C)ccc1NC(=O)N1CCCC1. The number of carbonyl (C=O) groups is 1. The molecule has 0 spiro atoms. The molecule has 0 radical (unpaired) electrons. The third-order valence-electron chi connectivity index (χ3n) is 3.23. The van der Waals surface area contributed by atoms with E-state index in [9.17, 15) is 4.79 Å². The molecule has 0 atom stereocenters. The van der Waals surface area contributed by atoms with Crippen molar-refractivity contribution >= 4 is 11.7 Å². The lowest BCUT2D eigenvalue weighted by molar-refractivity contribution is 0.222. The second-order valence-electron chi connectivity index (χ2n) is 4.97. The Bertz CT molecular complexity index is 440. The first-order chi connectivity index (χ1) is 9.20. The van der Waals surface area contributed by atoms with Crippen LogP contribution in [0.4, 0.5) is 10.5 Å². The maximum atomic E-state index is 12.1. The molecular weight excluding hydrogens is 240 g/mol. The number of ether oxygens (including phenoxy) is 1. The molecule has 19 heavy (non-hydrogen) atoms. The number of nitrogens with one attached hydrogen (secondary N) is 1. The van der Waals surface area contributed by atoms with Crippen LogP contribution < -0.4 is 10.1 Å². The molecule has 0 aliphatic carbocycles. The number of carbonyl (C=O) groups excluding carboxylic acids is 1. The average molecular weight is 262 g/mol. The van der Waals surface area contributed by atoms with E-state index in [4.69, 9.17) is 4.74 Å². The van der Waals surface area contributed by atoms with Crippen molar-refractivity contribution in [1.29, 1.82) is 0 Å². The molecule has 1 heterocycles. The van der Waals surface area contributed by atoms with Gasteiger partial charge >= 0.3 is 6.03 Å². The first-order valence-corrected chi connectivity index (χ1v) is 7.00. The van der Waals surface area contributed by atoms with Crippen LogP contribution in [-0.2, 0) is 0 Å². The molecule has 1 fully saturated rings. The van der Waals surface area contributed by atoms with Crippen molar-refractivity contribution in [3.8, 4) is 5.75 Å². The number of nitrogens with zero attached hydrogens (tertiary/aromatic N) is 1. The van der Waals surface area contributed by atoms with E-state index in [-0.39, 0.29) is 6.03 Å². The first-order valence-electron chi connectivity index (χ1n) is 7.00. The fourth-order valence-electron chi connectivity index (χ4n) is 2.18. The van der Waals surface area contributed by atoms with E-state index in [2.05, 4.69) is 12.2 Å². The number of amides is 2. The summed E-state index contributed by atoms with van der Waals surface area (Å²) in [6.45, 7) is 6.45. The summed E-state index contributed by atoms with van der Waals surface area (Å²) < 4.78 is 5.70. The van der Waals surface area contributed by atoms with Crippen molar-refractivity contribution in [2.24, 2.45) is 0 Å². The fraction of sp³-hybridized carbons (Fsp3) is 0.533. The number of hydrogen-bond donors (Lipinski definition) is 1. The van der Waals surface area contributed by atoms with Gasteiger partial charge in [0.2, 0.25) is 0 Å². The highest BCUT2D eigenvalue weighted by molar-refractivity contribution is 5.91. The van der Waals surface area contributed by atoms with Crippen molar-refractivity contribution in [3.05, 3.63) is 23.8 Å². The minimum Gasteiger partial charge on any atom is -0.491 e. The largest absolute Gasteiger partial charge is 0.491 e. The van der Waals surface area contributed by atoms with Crippen molar-refractivity contribution in [3.63, 3.8) is 0 Å². The number of benzene rings is 1. The zero-order valence-corrected chi connectivity index (χ0v) is 11.7. The van der Waals surface area contributed by atoms with E-state index in [1.165, 1.54) is 0 Å². The maximum Gasteiger partial charge on any atom is 0.321 e. The molecule has 1 aromatic rings. The number of aryl methyl sites for hydroxylation is 1. The molecule has 0 saturated carbocycles. The molecule has 104 valence electrons. The highest BCUT2D eigenvalue weighted by atomic mass is 16.5. The van der Waals surface area contributed by atoms with Crippen molar-refractivity contribution in [2.45, 2.75) is 33.1 Å². The van der Waals surface area contributed by atoms with Gasteiger partial charge in [-0.05, 0) is 43.9 Å². The maximum absolute atomic E-state index is 12.1. The van der Waals surface area contributed by atoms with Crippen molar-refractivity contribution in [2.75, 3.05) is 25.0 Å². The summed E-state index contributed by atoms with van der Waals surface area (Å²) in [5.41, 5.74) is 1.89. The van der Waals surface area contributed by atoms with Gasteiger partial charge < -0.3 is 15.0 Å². The highest BCUT2D eigenvalue weighted by Crippen LogP contribution is 2.26. The monoisotopic (exact) mass is 262 g/mol. The van der Waals surface area contributed by atoms with E-state index < -0.39 is 0 Å². The molecule has 1 aliphatic rings. The minimum atomic E-state index is -0.0253. The van der Waals surface area contributed by atoms with Gasteiger partial charge in [0, 0.05) is 13.1 Å². The lowest BCUT2D eigenvalue weighted by Crippen LogP contribution is -2.32. The molecule has 4 nitrogen and oxygen atoms in total. The number of anilines is 1. The average Bonchev–Trinajstić information content (AvgIpc) is 2.93. The summed E-state index contributed by atoms with van der Waals surface area (Å²) in [7, 11) is 0. The Labute approximate surface area is 114 Å². The van der Waals surface area contributed by atoms with Crippen LogP contribution in [0.5, 0.6) is 5.75 Å². The van der Waals surface area contributed by atoms with Crippen LogP contribution in [0.3, 0.4) is 0 Å². The van der Waals surface area contributed by atoms with Crippen LogP contribution in [0.25, 0.3) is 0 Å². The first kappa shape index (κ1) is 13.7. The van der Waals surface area contributed by atoms with Gasteiger partial charge in [-0.25, -0.2) is 4.79 Å². The fourth-order valence-corrected chi connectivity index (χ4v) is 2.18. The Morgan fingerprint density at radius 1 is 1.37 bits per heavy atom. The molecule has 0 aromatic heterocycles. The molecule has 0 unspecified atom stereocenters. The molecule has 1 aromatic carbocycles. The van der Waals surface area contributed by atoms with Crippen LogP contribution in [-0.4, -0.2) is 30.6 Å². The Hall–Kier alpha value is -1.71. The second-order valence-corrected chi connectivity index (χ2v) is 4.97. The van der Waals surface area contributed by atoms with Crippen LogP contribution in [0.1, 0.15) is 31.7 Å². The van der Waals surface area contributed by atoms with Gasteiger partial charge in [-0.15, -0.1) is 0 Å². The zero-order valence-electron chi connectivity index (χ0n) is 11.7. The van der Waals surface area contributed by atoms with E-state index in [1.807, 2.05) is 30.0 Å². The van der Waals surface area contributed by atoms with Crippen LogP contribution in [0, 0.1) is 6.92 Å². The Kier molecular flexibility index (Phi) is 4.66. The molecule has 2 amide bonds. The molecule has 2 rings (SSSR count). The van der Waals surface area contributed by atoms with Gasteiger partial charge in [0.05, 0.1) is 12.3 Å². The number of hydrogen-bond acceptors (Lipinski definition) is 2. The van der Waals surface area contributed by atoms with Gasteiger partial charge in [-0.2, -0.15) is 0 Å².